The van der Waals surface area contributed by atoms with Crippen molar-refractivity contribution in [3.63, 3.8) is 0 Å². The molecule has 1 aliphatic rings. The lowest BCUT2D eigenvalue weighted by atomic mass is 10.1. The van der Waals surface area contributed by atoms with Crippen LogP contribution in [0, 0.1) is 21.0 Å². The molecule has 13 heteroatoms. The predicted molar refractivity (Wildman–Crippen MR) is 134 cm³/mol. The number of likely N-dealkylation sites (tertiary alicyclic amines) is 1. The van der Waals surface area contributed by atoms with E-state index in [1.807, 2.05) is 28.1 Å². The van der Waals surface area contributed by atoms with Crippen molar-refractivity contribution >= 4 is 46.1 Å². The summed E-state index contributed by atoms with van der Waals surface area (Å²) in [7, 11) is 0. The van der Waals surface area contributed by atoms with Crippen LogP contribution in [-0.2, 0) is 9.68 Å². The predicted octanol–water partition coefficient (Wildman–Crippen LogP) is 2.91. The number of carbonyl (C=O) groups is 1. The number of rotatable bonds is 12. The van der Waals surface area contributed by atoms with Gasteiger partial charge >= 0.3 is 0 Å². The number of benzene rings is 2. The zero-order valence-electron chi connectivity index (χ0n) is 19.1. The first-order valence-corrected chi connectivity index (χ1v) is 12.2. The molecule has 2 aromatic rings. The minimum absolute atomic E-state index is 0.0487. The quantitative estimate of drug-likeness (QED) is 0.125. The second-order valence-corrected chi connectivity index (χ2v) is 9.10. The van der Waals surface area contributed by atoms with E-state index in [4.69, 9.17) is 14.8 Å². The second kappa shape index (κ2) is 13.7. The van der Waals surface area contributed by atoms with Crippen LogP contribution in [-0.4, -0.2) is 72.8 Å². The van der Waals surface area contributed by atoms with Crippen molar-refractivity contribution in [3.05, 3.63) is 56.4 Å². The first-order valence-electron chi connectivity index (χ1n) is 11.1. The van der Waals surface area contributed by atoms with Crippen molar-refractivity contribution < 1.29 is 37.9 Å². The molecule has 0 spiro atoms. The molecule has 36 heavy (non-hydrogen) atoms. The van der Waals surface area contributed by atoms with E-state index in [0.29, 0.717) is 10.1 Å². The Morgan fingerprint density at radius 2 is 2.03 bits per heavy atom. The largest absolute Gasteiger partial charge is 0.395 e. The van der Waals surface area contributed by atoms with Crippen LogP contribution in [0.5, 0.6) is 0 Å². The molecule has 1 aliphatic heterocycles. The van der Waals surface area contributed by atoms with Gasteiger partial charge in [0.05, 0.1) is 43.0 Å². The van der Waals surface area contributed by atoms with Crippen molar-refractivity contribution in [1.29, 1.82) is 0 Å². The number of aliphatic hydroxyl groups is 2. The van der Waals surface area contributed by atoms with Gasteiger partial charge in [0, 0.05) is 21.7 Å². The van der Waals surface area contributed by atoms with Gasteiger partial charge in [-0.05, 0) is 66.2 Å². The summed E-state index contributed by atoms with van der Waals surface area (Å²) in [6.07, 6.45) is 2.79. The third kappa shape index (κ3) is 7.29. The number of hydrogen-bond acceptors (Lipinski definition) is 8. The number of aliphatic hydroxyl groups excluding tert-OH is 2. The van der Waals surface area contributed by atoms with E-state index in [9.17, 15) is 18.7 Å². The summed E-state index contributed by atoms with van der Waals surface area (Å²) < 4.78 is 44.8. The lowest BCUT2D eigenvalue weighted by molar-refractivity contribution is 0.0168. The Hall–Kier alpha value is -2.46. The highest BCUT2D eigenvalue weighted by molar-refractivity contribution is 14.1. The minimum Gasteiger partial charge on any atom is -0.395 e. The Kier molecular flexibility index (Phi) is 10.7. The molecule has 1 heterocycles. The normalized spacial score (nSPS) is 16.0. The van der Waals surface area contributed by atoms with E-state index in [2.05, 4.69) is 15.4 Å². The molecule has 196 valence electrons. The summed E-state index contributed by atoms with van der Waals surface area (Å²) in [4.78, 5) is 24.6. The average molecular weight is 622 g/mol. The Labute approximate surface area is 219 Å². The number of amides is 1. The van der Waals surface area contributed by atoms with Crippen LogP contribution in [0.15, 0.2) is 29.4 Å². The van der Waals surface area contributed by atoms with E-state index in [-0.39, 0.29) is 43.7 Å². The lowest BCUT2D eigenvalue weighted by Gasteiger charge is -2.21. The fourth-order valence-electron chi connectivity index (χ4n) is 3.68. The van der Waals surface area contributed by atoms with Gasteiger partial charge in [-0.3, -0.25) is 14.5 Å². The second-order valence-electron chi connectivity index (χ2n) is 7.85. The molecule has 0 radical (unpaired) electrons. The third-order valence-corrected chi connectivity index (χ3v) is 6.15. The van der Waals surface area contributed by atoms with Crippen LogP contribution in [0.1, 0.15) is 28.8 Å². The maximum atomic E-state index is 15.1. The van der Waals surface area contributed by atoms with Crippen molar-refractivity contribution in [2.24, 2.45) is 5.16 Å². The highest BCUT2D eigenvalue weighted by Gasteiger charge is 2.24. The maximum absolute atomic E-state index is 15.1. The van der Waals surface area contributed by atoms with Crippen molar-refractivity contribution in [2.75, 3.05) is 44.8 Å². The monoisotopic (exact) mass is 622 g/mol. The summed E-state index contributed by atoms with van der Waals surface area (Å²) in [5, 5.41) is 24.3. The number of carbonyl (C=O) groups excluding carboxylic acids is 1. The minimum atomic E-state index is -1.44. The van der Waals surface area contributed by atoms with E-state index >= 15 is 4.39 Å². The fourth-order valence-corrected chi connectivity index (χ4v) is 4.14. The molecule has 1 fully saturated rings. The summed E-state index contributed by atoms with van der Waals surface area (Å²) in [6.45, 7) is 0.908. The van der Waals surface area contributed by atoms with Gasteiger partial charge in [-0.1, -0.05) is 5.16 Å². The fraction of sp³-hybridized carbons (Fsp3) is 0.391. The van der Waals surface area contributed by atoms with E-state index < -0.39 is 34.6 Å². The molecule has 3 rings (SSSR count). The molecule has 1 saturated heterocycles. The molecule has 1 atom stereocenters. The van der Waals surface area contributed by atoms with Crippen LogP contribution < -0.4 is 10.8 Å². The molecule has 0 aliphatic carbocycles. The number of oxime groups is 1. The Morgan fingerprint density at radius 1 is 1.22 bits per heavy atom. The van der Waals surface area contributed by atoms with E-state index in [0.717, 1.165) is 31.7 Å². The number of nitrogens with one attached hydrogen (secondary N) is 2. The summed E-state index contributed by atoms with van der Waals surface area (Å²) in [5.41, 5.74) is 0.450. The highest BCUT2D eigenvalue weighted by Crippen LogP contribution is 2.30. The van der Waals surface area contributed by atoms with Crippen LogP contribution in [0.3, 0.4) is 0 Å². The molecule has 0 aromatic heterocycles. The number of anilines is 2. The first-order chi connectivity index (χ1) is 17.3. The lowest BCUT2D eigenvalue weighted by Crippen LogP contribution is -2.34. The van der Waals surface area contributed by atoms with Gasteiger partial charge in [0.25, 0.3) is 5.91 Å². The van der Waals surface area contributed by atoms with Crippen molar-refractivity contribution in [1.82, 2.24) is 10.4 Å². The standard InChI is InChI=1S/C23H26F3IN4O5/c24-18-11-15(27)3-4-19(18)29-22-17(23(34)30-36-9-7-32)10-14(20(25)21(22)26)12-28-35-8-6-31-5-1-2-16(31)13-33/h3-4,10-12,16,29,32-33H,1-2,5-9,13H2,(H,30,34)/b28-12+/t16-/m0/s1. The van der Waals surface area contributed by atoms with Crippen LogP contribution in [0.2, 0.25) is 0 Å². The van der Waals surface area contributed by atoms with Gasteiger partial charge in [-0.15, -0.1) is 0 Å². The van der Waals surface area contributed by atoms with Gasteiger partial charge < -0.3 is 20.4 Å². The van der Waals surface area contributed by atoms with E-state index in [1.165, 1.54) is 12.1 Å². The summed E-state index contributed by atoms with van der Waals surface area (Å²) >= 11 is 1.89. The summed E-state index contributed by atoms with van der Waals surface area (Å²) in [6, 6.07) is 5.13. The molecular weight excluding hydrogens is 596 g/mol. The van der Waals surface area contributed by atoms with Crippen LogP contribution in [0.25, 0.3) is 0 Å². The van der Waals surface area contributed by atoms with Crippen molar-refractivity contribution in [3.8, 4) is 0 Å². The molecule has 0 saturated carbocycles. The molecule has 1 amide bonds. The van der Waals surface area contributed by atoms with Gasteiger partial charge in [0.15, 0.2) is 11.6 Å². The first kappa shape index (κ1) is 28.1. The maximum Gasteiger partial charge on any atom is 0.277 e. The SMILES string of the molecule is O=C(NOCCO)c1cc(/C=N/OCCN2CCC[C@H]2CO)c(F)c(F)c1Nc1ccc(I)cc1F. The smallest absolute Gasteiger partial charge is 0.277 e. The number of hydrogen-bond donors (Lipinski definition) is 4. The molecule has 0 unspecified atom stereocenters. The molecule has 4 N–H and O–H groups in total. The number of nitrogens with zero attached hydrogens (tertiary/aromatic N) is 2. The average Bonchev–Trinajstić information content (AvgIpc) is 3.32. The van der Waals surface area contributed by atoms with Gasteiger partial charge in [0.2, 0.25) is 0 Å². The van der Waals surface area contributed by atoms with Gasteiger partial charge in [-0.2, -0.15) is 0 Å². The Morgan fingerprint density at radius 3 is 2.75 bits per heavy atom. The topological polar surface area (TPSA) is 116 Å². The van der Waals surface area contributed by atoms with Crippen molar-refractivity contribution in [2.45, 2.75) is 18.9 Å². The molecule has 9 nitrogen and oxygen atoms in total. The van der Waals surface area contributed by atoms with Crippen LogP contribution >= 0.6 is 22.6 Å². The molecule has 0 bridgehead atoms. The van der Waals surface area contributed by atoms with Crippen LogP contribution in [0.4, 0.5) is 24.5 Å². The van der Waals surface area contributed by atoms with Gasteiger partial charge in [0.1, 0.15) is 12.4 Å². The van der Waals surface area contributed by atoms with Gasteiger partial charge in [-0.25, -0.2) is 18.7 Å². The Bertz CT molecular complexity index is 1090. The zero-order chi connectivity index (χ0) is 26.1. The summed E-state index contributed by atoms with van der Waals surface area (Å²) in [5.74, 6) is -4.46. The molecule has 2 aromatic carbocycles. The molecular formula is C23H26F3IN4O5. The number of hydroxylamine groups is 1. The van der Waals surface area contributed by atoms with E-state index in [1.54, 1.807) is 6.07 Å². The third-order valence-electron chi connectivity index (χ3n) is 5.47. The number of halogens is 4. The highest BCUT2D eigenvalue weighted by atomic mass is 127. The zero-order valence-corrected chi connectivity index (χ0v) is 21.3. The Balaban J connectivity index is 1.81.